The molecule has 0 aliphatic heterocycles. The van der Waals surface area contributed by atoms with Crippen LogP contribution < -0.4 is 14.8 Å². The molecule has 1 aromatic heterocycles. The summed E-state index contributed by atoms with van der Waals surface area (Å²) in [7, 11) is 3.31. The number of ether oxygens (including phenoxy) is 2. The van der Waals surface area contributed by atoms with Gasteiger partial charge in [0.05, 0.1) is 20.4 Å². The third kappa shape index (κ3) is 3.64. The van der Waals surface area contributed by atoms with E-state index in [1.165, 1.54) is 0 Å². The van der Waals surface area contributed by atoms with E-state index in [0.29, 0.717) is 0 Å². The minimum absolute atomic E-state index is 0.151. The van der Waals surface area contributed by atoms with Gasteiger partial charge < -0.3 is 14.8 Å². The highest BCUT2D eigenvalue weighted by Crippen LogP contribution is 2.29. The largest absolute Gasteiger partial charge is 0.497 e. The molecule has 2 aromatic rings. The summed E-state index contributed by atoms with van der Waals surface area (Å²) in [4.78, 5) is 0. The Morgan fingerprint density at radius 1 is 1.38 bits per heavy atom. The van der Waals surface area contributed by atoms with Crippen molar-refractivity contribution in [2.24, 2.45) is 0 Å². The quantitative estimate of drug-likeness (QED) is 0.850. The molecule has 0 aliphatic carbocycles. The minimum atomic E-state index is 0.151. The van der Waals surface area contributed by atoms with E-state index >= 15 is 0 Å². The normalized spacial score (nSPS) is 12.0. The molecule has 2 rings (SSSR count). The first-order chi connectivity index (χ1) is 10.2. The van der Waals surface area contributed by atoms with E-state index in [-0.39, 0.29) is 6.04 Å². The fourth-order valence-corrected chi connectivity index (χ4v) is 2.13. The van der Waals surface area contributed by atoms with Crippen molar-refractivity contribution in [1.82, 2.24) is 15.1 Å². The summed E-state index contributed by atoms with van der Waals surface area (Å²) in [5, 5.41) is 7.62. The summed E-state index contributed by atoms with van der Waals surface area (Å²) in [6.45, 7) is 6.50. The summed E-state index contributed by atoms with van der Waals surface area (Å²) in [5.74, 6) is 1.60. The maximum atomic E-state index is 5.43. The molecule has 21 heavy (non-hydrogen) atoms. The zero-order valence-corrected chi connectivity index (χ0v) is 12.7. The van der Waals surface area contributed by atoms with Crippen molar-refractivity contribution in [3.8, 4) is 11.5 Å². The van der Waals surface area contributed by atoms with Crippen LogP contribution in [0.5, 0.6) is 11.5 Å². The zero-order chi connectivity index (χ0) is 15.2. The van der Waals surface area contributed by atoms with Gasteiger partial charge >= 0.3 is 0 Å². The van der Waals surface area contributed by atoms with E-state index in [4.69, 9.17) is 9.47 Å². The molecule has 1 unspecified atom stereocenters. The van der Waals surface area contributed by atoms with E-state index in [9.17, 15) is 0 Å². The fraction of sp³-hybridized carbons (Fsp3) is 0.312. The van der Waals surface area contributed by atoms with Gasteiger partial charge in [0.1, 0.15) is 11.5 Å². The molecule has 0 saturated heterocycles. The number of nitrogens with one attached hydrogen (secondary N) is 1. The molecular formula is C16H21N3O2. The van der Waals surface area contributed by atoms with Gasteiger partial charge in [0, 0.05) is 42.2 Å². The molecule has 112 valence electrons. The van der Waals surface area contributed by atoms with Crippen molar-refractivity contribution >= 4 is 6.20 Å². The van der Waals surface area contributed by atoms with Crippen LogP contribution in [-0.2, 0) is 6.54 Å². The maximum Gasteiger partial charge on any atom is 0.127 e. The van der Waals surface area contributed by atoms with E-state index in [2.05, 4.69) is 23.9 Å². The van der Waals surface area contributed by atoms with Crippen molar-refractivity contribution in [2.75, 3.05) is 14.2 Å². The Hall–Kier alpha value is -2.27. The van der Waals surface area contributed by atoms with Gasteiger partial charge in [-0.2, -0.15) is 5.10 Å². The average Bonchev–Trinajstić information content (AvgIpc) is 3.00. The Kier molecular flexibility index (Phi) is 5.00. The predicted molar refractivity (Wildman–Crippen MR) is 83.4 cm³/mol. The second kappa shape index (κ2) is 6.95. The van der Waals surface area contributed by atoms with Crippen LogP contribution in [0.4, 0.5) is 0 Å². The van der Waals surface area contributed by atoms with E-state index in [0.717, 1.165) is 29.2 Å². The lowest BCUT2D eigenvalue weighted by Crippen LogP contribution is -2.18. The molecule has 5 nitrogen and oxygen atoms in total. The Balaban J connectivity index is 2.05. The Labute approximate surface area is 125 Å². The summed E-state index contributed by atoms with van der Waals surface area (Å²) >= 11 is 0. The van der Waals surface area contributed by atoms with Crippen LogP contribution in [0.1, 0.15) is 24.1 Å². The third-order valence-corrected chi connectivity index (χ3v) is 3.36. The highest BCUT2D eigenvalue weighted by atomic mass is 16.5. The lowest BCUT2D eigenvalue weighted by atomic mass is 10.1. The van der Waals surface area contributed by atoms with Gasteiger partial charge in [0.25, 0.3) is 0 Å². The molecule has 1 heterocycles. The van der Waals surface area contributed by atoms with Crippen molar-refractivity contribution in [2.45, 2.75) is 19.5 Å². The van der Waals surface area contributed by atoms with E-state index in [1.54, 1.807) is 25.1 Å². The first kappa shape index (κ1) is 15.1. The minimum Gasteiger partial charge on any atom is -0.497 e. The van der Waals surface area contributed by atoms with Crippen LogP contribution in [0.2, 0.25) is 0 Å². The van der Waals surface area contributed by atoms with Crippen molar-refractivity contribution in [3.63, 3.8) is 0 Å². The molecule has 0 amide bonds. The summed E-state index contributed by atoms with van der Waals surface area (Å²) in [6, 6.07) is 6.00. The van der Waals surface area contributed by atoms with Crippen molar-refractivity contribution in [3.05, 3.63) is 48.3 Å². The van der Waals surface area contributed by atoms with Gasteiger partial charge in [-0.15, -0.1) is 0 Å². The van der Waals surface area contributed by atoms with Gasteiger partial charge in [-0.1, -0.05) is 12.6 Å². The summed E-state index contributed by atoms with van der Waals surface area (Å²) < 4.78 is 12.3. The molecule has 1 N–H and O–H groups in total. The molecule has 0 radical (unpaired) electrons. The van der Waals surface area contributed by atoms with Crippen LogP contribution in [0.15, 0.2) is 37.2 Å². The SMILES string of the molecule is C=Cn1cc(CNC(C)c2ccc(OC)cc2OC)cn1. The molecule has 0 saturated carbocycles. The number of hydrogen-bond donors (Lipinski definition) is 1. The Morgan fingerprint density at radius 2 is 2.19 bits per heavy atom. The van der Waals surface area contributed by atoms with Crippen molar-refractivity contribution < 1.29 is 9.47 Å². The number of aromatic nitrogens is 2. The molecule has 0 spiro atoms. The van der Waals surface area contributed by atoms with Crippen LogP contribution in [0.3, 0.4) is 0 Å². The lowest BCUT2D eigenvalue weighted by Gasteiger charge is -2.17. The second-order valence-corrected chi connectivity index (χ2v) is 4.72. The van der Waals surface area contributed by atoms with Crippen LogP contribution >= 0.6 is 0 Å². The number of nitrogens with zero attached hydrogens (tertiary/aromatic N) is 2. The monoisotopic (exact) mass is 287 g/mol. The van der Waals surface area contributed by atoms with Crippen LogP contribution in [-0.4, -0.2) is 24.0 Å². The third-order valence-electron chi connectivity index (χ3n) is 3.36. The van der Waals surface area contributed by atoms with Gasteiger partial charge in [-0.25, -0.2) is 4.68 Å². The maximum absolute atomic E-state index is 5.43. The molecule has 5 heteroatoms. The number of benzene rings is 1. The zero-order valence-electron chi connectivity index (χ0n) is 12.7. The molecule has 0 bridgehead atoms. The van der Waals surface area contributed by atoms with Gasteiger partial charge in [-0.05, 0) is 13.0 Å². The summed E-state index contributed by atoms with van der Waals surface area (Å²) in [6.07, 6.45) is 5.43. The standard InChI is InChI=1S/C16H21N3O2/c1-5-19-11-13(10-18-19)9-17-12(2)15-7-6-14(20-3)8-16(15)21-4/h5-8,10-12,17H,1,9H2,2-4H3. The first-order valence-electron chi connectivity index (χ1n) is 6.78. The predicted octanol–water partition coefficient (Wildman–Crippen LogP) is 2.85. The second-order valence-electron chi connectivity index (χ2n) is 4.72. The average molecular weight is 287 g/mol. The molecule has 0 aliphatic rings. The van der Waals surface area contributed by atoms with Crippen LogP contribution in [0, 0.1) is 0 Å². The topological polar surface area (TPSA) is 48.3 Å². The van der Waals surface area contributed by atoms with Crippen molar-refractivity contribution in [1.29, 1.82) is 0 Å². The Bertz CT molecular complexity index is 607. The van der Waals surface area contributed by atoms with E-state index in [1.807, 2.05) is 30.6 Å². The number of methoxy groups -OCH3 is 2. The molecule has 0 fully saturated rings. The highest BCUT2D eigenvalue weighted by molar-refractivity contribution is 5.42. The molecule has 1 atom stereocenters. The van der Waals surface area contributed by atoms with Gasteiger partial charge in [0.2, 0.25) is 0 Å². The number of rotatable bonds is 7. The lowest BCUT2D eigenvalue weighted by molar-refractivity contribution is 0.386. The van der Waals surface area contributed by atoms with Crippen LogP contribution in [0.25, 0.3) is 6.20 Å². The van der Waals surface area contributed by atoms with Gasteiger partial charge in [0.15, 0.2) is 0 Å². The Morgan fingerprint density at radius 3 is 2.81 bits per heavy atom. The molecular weight excluding hydrogens is 266 g/mol. The van der Waals surface area contributed by atoms with E-state index < -0.39 is 0 Å². The first-order valence-corrected chi connectivity index (χ1v) is 6.78. The smallest absolute Gasteiger partial charge is 0.127 e. The summed E-state index contributed by atoms with van der Waals surface area (Å²) in [5.41, 5.74) is 2.20. The molecule has 1 aromatic carbocycles. The van der Waals surface area contributed by atoms with Gasteiger partial charge in [-0.3, -0.25) is 0 Å². The number of hydrogen-bond acceptors (Lipinski definition) is 4. The highest BCUT2D eigenvalue weighted by Gasteiger charge is 2.12. The fourth-order valence-electron chi connectivity index (χ4n) is 2.13.